The number of hydrogen-bond acceptors (Lipinski definition) is 4. The second-order valence-electron chi connectivity index (χ2n) is 4.60. The van der Waals surface area contributed by atoms with Gasteiger partial charge in [0.15, 0.2) is 0 Å². The van der Waals surface area contributed by atoms with Crippen LogP contribution in [0.5, 0.6) is 0 Å². The maximum atomic E-state index is 12.5. The number of ether oxygens (including phenoxy) is 1. The minimum absolute atomic E-state index is 0.0620. The van der Waals surface area contributed by atoms with E-state index in [-0.39, 0.29) is 12.2 Å². The van der Waals surface area contributed by atoms with E-state index in [9.17, 15) is 8.42 Å². The Hall–Kier alpha value is 0.0500. The summed E-state index contributed by atoms with van der Waals surface area (Å²) in [4.78, 5) is 0. The molecule has 1 fully saturated rings. The van der Waals surface area contributed by atoms with Crippen LogP contribution in [0.2, 0.25) is 0 Å². The lowest BCUT2D eigenvalue weighted by atomic mass is 10.3. The van der Waals surface area contributed by atoms with Crippen LogP contribution >= 0.6 is 27.3 Å². The van der Waals surface area contributed by atoms with Gasteiger partial charge in [0.25, 0.3) is 10.0 Å². The predicted molar refractivity (Wildman–Crippen MR) is 75.5 cm³/mol. The zero-order valence-electron chi connectivity index (χ0n) is 10.5. The minimum atomic E-state index is -3.39. The van der Waals surface area contributed by atoms with E-state index in [4.69, 9.17) is 4.74 Å². The number of halogens is 1. The van der Waals surface area contributed by atoms with Crippen molar-refractivity contribution in [3.8, 4) is 0 Å². The van der Waals surface area contributed by atoms with Crippen molar-refractivity contribution >= 4 is 37.3 Å². The lowest BCUT2D eigenvalue weighted by Gasteiger charge is -2.34. The maximum Gasteiger partial charge on any atom is 0.252 e. The summed E-state index contributed by atoms with van der Waals surface area (Å²) in [6.45, 7) is 6.52. The molecular weight excluding hydrogens is 338 g/mol. The molecule has 0 saturated carbocycles. The first kappa shape index (κ1) is 14.5. The largest absolute Gasteiger partial charge is 0.373 e. The van der Waals surface area contributed by atoms with Gasteiger partial charge in [-0.2, -0.15) is 4.31 Å². The third-order valence-electron chi connectivity index (χ3n) is 2.81. The molecule has 0 aromatic carbocycles. The van der Waals surface area contributed by atoms with Gasteiger partial charge in [-0.05, 0) is 48.3 Å². The number of sulfonamides is 1. The Labute approximate surface area is 120 Å². The van der Waals surface area contributed by atoms with Crippen LogP contribution in [-0.2, 0) is 14.8 Å². The number of aryl methyl sites for hydroxylation is 1. The van der Waals surface area contributed by atoms with Gasteiger partial charge in [0, 0.05) is 13.1 Å². The Morgan fingerprint density at radius 2 is 1.94 bits per heavy atom. The van der Waals surface area contributed by atoms with Crippen molar-refractivity contribution in [1.82, 2.24) is 4.31 Å². The van der Waals surface area contributed by atoms with Crippen LogP contribution in [0.25, 0.3) is 0 Å². The average molecular weight is 354 g/mol. The van der Waals surface area contributed by atoms with Crippen LogP contribution in [0, 0.1) is 6.92 Å². The van der Waals surface area contributed by atoms with E-state index in [1.807, 2.05) is 20.8 Å². The summed E-state index contributed by atoms with van der Waals surface area (Å²) in [6.07, 6.45) is -0.124. The maximum absolute atomic E-state index is 12.5. The molecule has 0 spiro atoms. The Morgan fingerprint density at radius 3 is 2.39 bits per heavy atom. The van der Waals surface area contributed by atoms with Gasteiger partial charge in [-0.1, -0.05) is 0 Å². The first-order chi connectivity index (χ1) is 8.30. The van der Waals surface area contributed by atoms with Crippen molar-refractivity contribution in [3.05, 3.63) is 15.4 Å². The standard InChI is InChI=1S/C11H16BrNO3S2/c1-7-4-10(17-11(7)12)18(14,15)13-5-8(2)16-9(3)6-13/h4,8-9H,5-6H2,1-3H3/t8-,9+. The van der Waals surface area contributed by atoms with Gasteiger partial charge < -0.3 is 4.74 Å². The van der Waals surface area contributed by atoms with Crippen molar-refractivity contribution in [3.63, 3.8) is 0 Å². The van der Waals surface area contributed by atoms with E-state index in [1.54, 1.807) is 6.07 Å². The molecule has 0 radical (unpaired) electrons. The molecule has 0 N–H and O–H groups in total. The summed E-state index contributed by atoms with van der Waals surface area (Å²) in [7, 11) is -3.39. The second-order valence-corrected chi connectivity index (χ2v) is 9.14. The SMILES string of the molecule is Cc1cc(S(=O)(=O)N2C[C@@H](C)O[C@@H](C)C2)sc1Br. The molecule has 1 aromatic heterocycles. The highest BCUT2D eigenvalue weighted by Crippen LogP contribution is 2.33. The van der Waals surface area contributed by atoms with Crippen LogP contribution in [0.4, 0.5) is 0 Å². The average Bonchev–Trinajstić information content (AvgIpc) is 2.58. The highest BCUT2D eigenvalue weighted by molar-refractivity contribution is 9.11. The molecule has 2 heterocycles. The summed E-state index contributed by atoms with van der Waals surface area (Å²) in [5.74, 6) is 0. The number of rotatable bonds is 2. The molecule has 1 saturated heterocycles. The van der Waals surface area contributed by atoms with Crippen molar-refractivity contribution in [2.45, 2.75) is 37.2 Å². The number of thiophene rings is 1. The molecule has 102 valence electrons. The Morgan fingerprint density at radius 1 is 1.39 bits per heavy atom. The Bertz CT molecular complexity index is 511. The van der Waals surface area contributed by atoms with Crippen molar-refractivity contribution < 1.29 is 13.2 Å². The molecule has 2 rings (SSSR count). The van der Waals surface area contributed by atoms with Crippen LogP contribution in [-0.4, -0.2) is 38.0 Å². The molecular formula is C11H16BrNO3S2. The van der Waals surface area contributed by atoms with Gasteiger partial charge in [-0.25, -0.2) is 8.42 Å². The molecule has 0 amide bonds. The topological polar surface area (TPSA) is 46.6 Å². The summed E-state index contributed by atoms with van der Waals surface area (Å²) in [6, 6.07) is 1.72. The highest BCUT2D eigenvalue weighted by atomic mass is 79.9. The molecule has 7 heteroatoms. The van der Waals surface area contributed by atoms with E-state index < -0.39 is 10.0 Å². The molecule has 2 atom stereocenters. The van der Waals surface area contributed by atoms with E-state index >= 15 is 0 Å². The number of morpholine rings is 1. The smallest absolute Gasteiger partial charge is 0.252 e. The lowest BCUT2D eigenvalue weighted by molar-refractivity contribution is -0.0440. The lowest BCUT2D eigenvalue weighted by Crippen LogP contribution is -2.47. The van der Waals surface area contributed by atoms with Crippen LogP contribution in [0.15, 0.2) is 14.1 Å². The molecule has 0 aliphatic carbocycles. The molecule has 0 unspecified atom stereocenters. The Balaban J connectivity index is 2.30. The fraction of sp³-hybridized carbons (Fsp3) is 0.636. The van der Waals surface area contributed by atoms with Gasteiger partial charge in [0.1, 0.15) is 4.21 Å². The van der Waals surface area contributed by atoms with Gasteiger partial charge in [-0.15, -0.1) is 11.3 Å². The van der Waals surface area contributed by atoms with Crippen LogP contribution < -0.4 is 0 Å². The fourth-order valence-electron chi connectivity index (χ4n) is 2.01. The van der Waals surface area contributed by atoms with Crippen LogP contribution in [0.1, 0.15) is 19.4 Å². The minimum Gasteiger partial charge on any atom is -0.373 e. The van der Waals surface area contributed by atoms with Gasteiger partial charge in [0.05, 0.1) is 16.0 Å². The monoisotopic (exact) mass is 353 g/mol. The fourth-order valence-corrected chi connectivity index (χ4v) is 5.98. The quantitative estimate of drug-likeness (QED) is 0.820. The summed E-state index contributed by atoms with van der Waals surface area (Å²) < 4.78 is 33.4. The second kappa shape index (κ2) is 5.20. The summed E-state index contributed by atoms with van der Waals surface area (Å²) in [5.41, 5.74) is 0.952. The van der Waals surface area contributed by atoms with Crippen molar-refractivity contribution in [2.24, 2.45) is 0 Å². The molecule has 0 bridgehead atoms. The molecule has 4 nitrogen and oxygen atoms in total. The molecule has 1 aliphatic heterocycles. The van der Waals surface area contributed by atoms with Crippen LogP contribution in [0.3, 0.4) is 0 Å². The summed E-state index contributed by atoms with van der Waals surface area (Å²) in [5, 5.41) is 0. The first-order valence-corrected chi connectivity index (χ1v) is 8.77. The molecule has 1 aromatic rings. The van der Waals surface area contributed by atoms with E-state index in [0.717, 1.165) is 9.35 Å². The Kier molecular flexibility index (Phi) is 4.18. The van der Waals surface area contributed by atoms with Gasteiger partial charge in [-0.3, -0.25) is 0 Å². The highest BCUT2D eigenvalue weighted by Gasteiger charge is 2.33. The third kappa shape index (κ3) is 2.80. The van der Waals surface area contributed by atoms with Gasteiger partial charge >= 0.3 is 0 Å². The van der Waals surface area contributed by atoms with E-state index in [0.29, 0.717) is 17.3 Å². The van der Waals surface area contributed by atoms with E-state index in [2.05, 4.69) is 15.9 Å². The molecule has 18 heavy (non-hydrogen) atoms. The number of hydrogen-bond donors (Lipinski definition) is 0. The normalized spacial score (nSPS) is 26.4. The third-order valence-corrected chi connectivity index (χ3v) is 7.23. The van der Waals surface area contributed by atoms with Gasteiger partial charge in [0.2, 0.25) is 0 Å². The first-order valence-electron chi connectivity index (χ1n) is 5.72. The van der Waals surface area contributed by atoms with E-state index in [1.165, 1.54) is 15.6 Å². The predicted octanol–water partition coefficient (Wildman–Crippen LogP) is 2.62. The number of nitrogens with zero attached hydrogens (tertiary/aromatic N) is 1. The zero-order chi connectivity index (χ0) is 13.5. The molecule has 1 aliphatic rings. The van der Waals surface area contributed by atoms with Crippen molar-refractivity contribution in [1.29, 1.82) is 0 Å². The summed E-state index contributed by atoms with van der Waals surface area (Å²) >= 11 is 4.63. The van der Waals surface area contributed by atoms with Crippen molar-refractivity contribution in [2.75, 3.05) is 13.1 Å². The zero-order valence-corrected chi connectivity index (χ0v) is 13.7.